The Kier molecular flexibility index (Phi) is 6.28. The van der Waals surface area contributed by atoms with E-state index in [1.807, 2.05) is 54.3 Å². The van der Waals surface area contributed by atoms with E-state index in [4.69, 9.17) is 0 Å². The molecule has 0 spiro atoms. The van der Waals surface area contributed by atoms with E-state index in [1.54, 1.807) is 0 Å². The van der Waals surface area contributed by atoms with E-state index >= 15 is 0 Å². The third-order valence-corrected chi connectivity index (χ3v) is 5.39. The minimum absolute atomic E-state index is 0.0171. The van der Waals surface area contributed by atoms with Gasteiger partial charge in [0.15, 0.2) is 0 Å². The minimum Gasteiger partial charge on any atom is -0.353 e. The van der Waals surface area contributed by atoms with Crippen LogP contribution in [0, 0.1) is 5.92 Å². The summed E-state index contributed by atoms with van der Waals surface area (Å²) < 4.78 is 0. The van der Waals surface area contributed by atoms with Crippen LogP contribution in [0.5, 0.6) is 0 Å². The molecule has 142 valence electrons. The summed E-state index contributed by atoms with van der Waals surface area (Å²) in [4.78, 5) is 26.9. The molecule has 0 saturated carbocycles. The first-order valence-electron chi connectivity index (χ1n) is 9.83. The van der Waals surface area contributed by atoms with Crippen LogP contribution in [0.3, 0.4) is 0 Å². The molecule has 1 N–H and O–H groups in total. The largest absolute Gasteiger partial charge is 0.353 e. The molecular weight excluding hydrogens is 336 g/mol. The highest BCUT2D eigenvalue weighted by Crippen LogP contribution is 2.22. The van der Waals surface area contributed by atoms with Crippen LogP contribution in [0.1, 0.15) is 43.5 Å². The van der Waals surface area contributed by atoms with Crippen molar-refractivity contribution in [2.75, 3.05) is 13.1 Å². The van der Waals surface area contributed by atoms with E-state index in [9.17, 15) is 9.59 Å². The van der Waals surface area contributed by atoms with E-state index in [0.717, 1.165) is 30.4 Å². The van der Waals surface area contributed by atoms with Crippen molar-refractivity contribution in [1.82, 2.24) is 10.2 Å². The zero-order valence-electron chi connectivity index (χ0n) is 16.2. The fraction of sp³-hybridized carbons (Fsp3) is 0.391. The van der Waals surface area contributed by atoms with Crippen LogP contribution >= 0.6 is 0 Å². The number of amides is 2. The molecule has 0 radical (unpaired) electrons. The third-order valence-electron chi connectivity index (χ3n) is 5.39. The first-order valence-corrected chi connectivity index (χ1v) is 9.83. The lowest BCUT2D eigenvalue weighted by Crippen LogP contribution is -2.44. The first-order chi connectivity index (χ1) is 13.1. The lowest BCUT2D eigenvalue weighted by molar-refractivity contribution is -0.126. The Hall–Kier alpha value is -2.62. The van der Waals surface area contributed by atoms with Crippen molar-refractivity contribution in [3.63, 3.8) is 0 Å². The van der Waals surface area contributed by atoms with Gasteiger partial charge in [0.25, 0.3) is 5.91 Å². The van der Waals surface area contributed by atoms with Gasteiger partial charge in [0.1, 0.15) is 0 Å². The number of benzene rings is 2. The van der Waals surface area contributed by atoms with Crippen LogP contribution in [0.15, 0.2) is 54.6 Å². The van der Waals surface area contributed by atoms with Gasteiger partial charge < -0.3 is 10.2 Å². The molecule has 1 heterocycles. The number of rotatable bonds is 5. The van der Waals surface area contributed by atoms with Crippen molar-refractivity contribution in [3.8, 4) is 11.1 Å². The normalized spacial score (nSPS) is 16.0. The molecular formula is C23H28N2O2. The third kappa shape index (κ3) is 4.76. The van der Waals surface area contributed by atoms with Crippen molar-refractivity contribution in [1.29, 1.82) is 0 Å². The van der Waals surface area contributed by atoms with Gasteiger partial charge >= 0.3 is 0 Å². The summed E-state index contributed by atoms with van der Waals surface area (Å²) in [5, 5.41) is 3.05. The summed E-state index contributed by atoms with van der Waals surface area (Å²) in [5.41, 5.74) is 2.95. The molecule has 0 bridgehead atoms. The summed E-state index contributed by atoms with van der Waals surface area (Å²) in [6, 6.07) is 18.1. The molecule has 2 aromatic carbocycles. The molecule has 1 aliphatic rings. The van der Waals surface area contributed by atoms with Crippen LogP contribution < -0.4 is 5.32 Å². The van der Waals surface area contributed by atoms with E-state index in [0.29, 0.717) is 18.7 Å². The number of nitrogens with zero attached hydrogens (tertiary/aromatic N) is 1. The number of piperidine rings is 1. The molecule has 0 aliphatic carbocycles. The van der Waals surface area contributed by atoms with Gasteiger partial charge in [-0.2, -0.15) is 0 Å². The van der Waals surface area contributed by atoms with E-state index < -0.39 is 0 Å². The second-order valence-electron chi connectivity index (χ2n) is 7.33. The van der Waals surface area contributed by atoms with Gasteiger partial charge in [-0.1, -0.05) is 49.4 Å². The molecule has 1 saturated heterocycles. The highest BCUT2D eigenvalue weighted by Gasteiger charge is 2.28. The summed E-state index contributed by atoms with van der Waals surface area (Å²) >= 11 is 0. The lowest BCUT2D eigenvalue weighted by atomic mass is 9.95. The molecule has 3 rings (SSSR count). The van der Waals surface area contributed by atoms with Crippen molar-refractivity contribution >= 4 is 11.8 Å². The summed E-state index contributed by atoms with van der Waals surface area (Å²) in [7, 11) is 0. The smallest absolute Gasteiger partial charge is 0.253 e. The van der Waals surface area contributed by atoms with Gasteiger partial charge in [0.2, 0.25) is 5.91 Å². The molecule has 1 fully saturated rings. The van der Waals surface area contributed by atoms with Crippen LogP contribution in [-0.2, 0) is 4.79 Å². The Morgan fingerprint density at radius 3 is 2.19 bits per heavy atom. The number of nitrogens with one attached hydrogen (secondary N) is 1. The first kappa shape index (κ1) is 19.2. The standard InChI is InChI=1S/C23H28N2O2/c1-3-17(2)24-22(26)20-13-15-25(16-14-20)23(27)21-11-9-19(10-12-21)18-7-5-4-6-8-18/h4-12,17,20H,3,13-16H2,1-2H3,(H,24,26)/t17-/m1/s1. The number of likely N-dealkylation sites (tertiary alicyclic amines) is 1. The molecule has 4 nitrogen and oxygen atoms in total. The van der Waals surface area contributed by atoms with Crippen molar-refractivity contribution in [2.45, 2.75) is 39.2 Å². The second-order valence-corrected chi connectivity index (χ2v) is 7.33. The van der Waals surface area contributed by atoms with Gasteiger partial charge in [0.05, 0.1) is 0 Å². The van der Waals surface area contributed by atoms with Crippen LogP contribution in [-0.4, -0.2) is 35.8 Å². The van der Waals surface area contributed by atoms with E-state index in [-0.39, 0.29) is 23.8 Å². The van der Waals surface area contributed by atoms with Gasteiger partial charge in [-0.15, -0.1) is 0 Å². The Bertz CT molecular complexity index is 763. The molecule has 0 unspecified atom stereocenters. The van der Waals surface area contributed by atoms with E-state index in [1.165, 1.54) is 0 Å². The minimum atomic E-state index is 0.0171. The molecule has 1 atom stereocenters. The number of hydrogen-bond acceptors (Lipinski definition) is 2. The predicted octanol–water partition coefficient (Wildman–Crippen LogP) is 4.12. The number of carbonyl (C=O) groups excluding carboxylic acids is 2. The van der Waals surface area contributed by atoms with Crippen molar-refractivity contribution < 1.29 is 9.59 Å². The van der Waals surface area contributed by atoms with Crippen molar-refractivity contribution in [3.05, 3.63) is 60.2 Å². The molecule has 1 aliphatic heterocycles. The maximum absolute atomic E-state index is 12.8. The summed E-state index contributed by atoms with van der Waals surface area (Å²) in [6.07, 6.45) is 2.40. The average Bonchev–Trinajstić information content (AvgIpc) is 2.74. The monoisotopic (exact) mass is 364 g/mol. The molecule has 0 aromatic heterocycles. The Morgan fingerprint density at radius 2 is 1.59 bits per heavy atom. The summed E-state index contributed by atoms with van der Waals surface area (Å²) in [5.74, 6) is 0.197. The van der Waals surface area contributed by atoms with E-state index in [2.05, 4.69) is 24.4 Å². The quantitative estimate of drug-likeness (QED) is 0.867. The fourth-order valence-corrected chi connectivity index (χ4v) is 3.43. The highest BCUT2D eigenvalue weighted by molar-refractivity contribution is 5.95. The predicted molar refractivity (Wildman–Crippen MR) is 108 cm³/mol. The van der Waals surface area contributed by atoms with Crippen LogP contribution in [0.25, 0.3) is 11.1 Å². The topological polar surface area (TPSA) is 49.4 Å². The maximum Gasteiger partial charge on any atom is 0.253 e. The van der Waals surface area contributed by atoms with Crippen LogP contribution in [0.2, 0.25) is 0 Å². The zero-order valence-corrected chi connectivity index (χ0v) is 16.2. The van der Waals surface area contributed by atoms with Crippen LogP contribution in [0.4, 0.5) is 0 Å². The van der Waals surface area contributed by atoms with Gasteiger partial charge in [-0.25, -0.2) is 0 Å². The highest BCUT2D eigenvalue weighted by atomic mass is 16.2. The summed E-state index contributed by atoms with van der Waals surface area (Å²) in [6.45, 7) is 5.36. The molecule has 2 amide bonds. The average molecular weight is 364 g/mol. The molecule has 4 heteroatoms. The fourth-order valence-electron chi connectivity index (χ4n) is 3.43. The van der Waals surface area contributed by atoms with Gasteiger partial charge in [0, 0.05) is 30.6 Å². The Labute approximate surface area is 161 Å². The maximum atomic E-state index is 12.8. The molecule has 2 aromatic rings. The zero-order chi connectivity index (χ0) is 19.2. The molecule has 27 heavy (non-hydrogen) atoms. The SMILES string of the molecule is CC[C@@H](C)NC(=O)C1CCN(C(=O)c2ccc(-c3ccccc3)cc2)CC1. The lowest BCUT2D eigenvalue weighted by Gasteiger charge is -2.32. The van der Waals surface area contributed by atoms with Gasteiger partial charge in [-0.05, 0) is 49.4 Å². The Morgan fingerprint density at radius 1 is 1.00 bits per heavy atom. The Balaban J connectivity index is 1.57. The number of carbonyl (C=O) groups is 2. The van der Waals surface area contributed by atoms with Gasteiger partial charge in [-0.3, -0.25) is 9.59 Å². The second kappa shape index (κ2) is 8.85. The number of hydrogen-bond donors (Lipinski definition) is 1. The van der Waals surface area contributed by atoms with Crippen molar-refractivity contribution in [2.24, 2.45) is 5.92 Å².